The van der Waals surface area contributed by atoms with Crippen molar-refractivity contribution in [3.05, 3.63) is 39.4 Å². The van der Waals surface area contributed by atoms with Gasteiger partial charge in [0.25, 0.3) is 11.6 Å². The van der Waals surface area contributed by atoms with Gasteiger partial charge in [-0.1, -0.05) is 13.0 Å². The van der Waals surface area contributed by atoms with Crippen LogP contribution in [0.3, 0.4) is 0 Å². The predicted molar refractivity (Wildman–Crippen MR) is 71.1 cm³/mol. The highest BCUT2D eigenvalue weighted by atomic mass is 16.6. The molecule has 6 nitrogen and oxygen atoms in total. The topological polar surface area (TPSA) is 92.5 Å². The van der Waals surface area contributed by atoms with Crippen molar-refractivity contribution in [2.45, 2.75) is 32.7 Å². The van der Waals surface area contributed by atoms with Crippen molar-refractivity contribution in [3.8, 4) is 0 Å². The lowest BCUT2D eigenvalue weighted by Crippen LogP contribution is -2.48. The summed E-state index contributed by atoms with van der Waals surface area (Å²) in [7, 11) is 0. The molecule has 19 heavy (non-hydrogen) atoms. The van der Waals surface area contributed by atoms with Crippen molar-refractivity contribution < 1.29 is 14.8 Å². The van der Waals surface area contributed by atoms with Crippen LogP contribution in [0.25, 0.3) is 0 Å². The summed E-state index contributed by atoms with van der Waals surface area (Å²) < 4.78 is 0. The average molecular weight is 266 g/mol. The molecule has 1 aromatic rings. The van der Waals surface area contributed by atoms with E-state index in [1.807, 2.05) is 6.92 Å². The maximum Gasteiger partial charge on any atom is 0.273 e. The van der Waals surface area contributed by atoms with Crippen molar-refractivity contribution in [1.29, 1.82) is 0 Å². The second kappa shape index (κ2) is 5.79. The standard InChI is InChI=1S/C13H18N2O4/c1-4-13(3,8-16)14-12(17)10-6-5-7-11(9(10)2)15(18)19/h5-7,16H,4,8H2,1-3H3,(H,14,17). The number of nitrogens with one attached hydrogen (secondary N) is 1. The van der Waals surface area contributed by atoms with Crippen molar-refractivity contribution in [2.24, 2.45) is 0 Å². The number of carbonyl (C=O) groups is 1. The molecule has 1 aromatic carbocycles. The lowest BCUT2D eigenvalue weighted by atomic mass is 9.98. The predicted octanol–water partition coefficient (Wildman–Crippen LogP) is 1.79. The molecular formula is C13H18N2O4. The number of hydrogen-bond acceptors (Lipinski definition) is 4. The third kappa shape index (κ3) is 3.29. The summed E-state index contributed by atoms with van der Waals surface area (Å²) in [4.78, 5) is 22.4. The van der Waals surface area contributed by atoms with E-state index in [2.05, 4.69) is 5.32 Å². The van der Waals surface area contributed by atoms with Gasteiger partial charge >= 0.3 is 0 Å². The Balaban J connectivity index is 3.08. The highest BCUT2D eigenvalue weighted by Gasteiger charge is 2.26. The van der Waals surface area contributed by atoms with Crippen LogP contribution in [0, 0.1) is 17.0 Å². The van der Waals surface area contributed by atoms with Gasteiger partial charge in [-0.25, -0.2) is 0 Å². The van der Waals surface area contributed by atoms with Crippen LogP contribution in [-0.4, -0.2) is 28.1 Å². The van der Waals surface area contributed by atoms with Crippen molar-refractivity contribution in [1.82, 2.24) is 5.32 Å². The van der Waals surface area contributed by atoms with Crippen molar-refractivity contribution in [3.63, 3.8) is 0 Å². The maximum absolute atomic E-state index is 12.1. The summed E-state index contributed by atoms with van der Waals surface area (Å²) in [5, 5.41) is 22.8. The van der Waals surface area contributed by atoms with E-state index >= 15 is 0 Å². The van der Waals surface area contributed by atoms with E-state index in [4.69, 9.17) is 0 Å². The lowest BCUT2D eigenvalue weighted by Gasteiger charge is -2.27. The van der Waals surface area contributed by atoms with Gasteiger partial charge in [0, 0.05) is 17.2 Å². The molecule has 1 atom stereocenters. The van der Waals surface area contributed by atoms with E-state index in [1.165, 1.54) is 25.1 Å². The molecule has 1 unspecified atom stereocenters. The zero-order chi connectivity index (χ0) is 14.6. The minimum absolute atomic E-state index is 0.0881. The van der Waals surface area contributed by atoms with Crippen LogP contribution in [0.1, 0.15) is 36.2 Å². The van der Waals surface area contributed by atoms with Gasteiger partial charge in [-0.3, -0.25) is 14.9 Å². The minimum Gasteiger partial charge on any atom is -0.394 e. The highest BCUT2D eigenvalue weighted by Crippen LogP contribution is 2.21. The molecule has 6 heteroatoms. The number of aliphatic hydroxyl groups excluding tert-OH is 1. The fourth-order valence-electron chi connectivity index (χ4n) is 1.65. The Bertz CT molecular complexity index is 495. The summed E-state index contributed by atoms with van der Waals surface area (Å²) in [6.07, 6.45) is 0.559. The fourth-order valence-corrected chi connectivity index (χ4v) is 1.65. The Morgan fingerprint density at radius 2 is 2.16 bits per heavy atom. The first kappa shape index (κ1) is 15.1. The number of nitrogens with zero attached hydrogens (tertiary/aromatic N) is 1. The molecule has 2 N–H and O–H groups in total. The summed E-state index contributed by atoms with van der Waals surface area (Å²) in [5.74, 6) is -0.417. The molecule has 0 fully saturated rings. The number of benzene rings is 1. The second-order valence-corrected chi connectivity index (χ2v) is 4.73. The molecule has 1 amide bonds. The highest BCUT2D eigenvalue weighted by molar-refractivity contribution is 5.97. The largest absolute Gasteiger partial charge is 0.394 e. The fraction of sp³-hybridized carbons (Fsp3) is 0.462. The van der Waals surface area contributed by atoms with E-state index < -0.39 is 16.4 Å². The second-order valence-electron chi connectivity index (χ2n) is 4.73. The minimum atomic E-state index is -0.728. The molecule has 0 aliphatic carbocycles. The van der Waals surface area contributed by atoms with E-state index in [1.54, 1.807) is 6.92 Å². The smallest absolute Gasteiger partial charge is 0.273 e. The third-order valence-electron chi connectivity index (χ3n) is 3.29. The molecule has 1 rings (SSSR count). The maximum atomic E-state index is 12.1. The van der Waals surface area contributed by atoms with Crippen LogP contribution in [0.4, 0.5) is 5.69 Å². The van der Waals surface area contributed by atoms with Crippen LogP contribution in [0.15, 0.2) is 18.2 Å². The number of aliphatic hydroxyl groups is 1. The van der Waals surface area contributed by atoms with E-state index in [0.29, 0.717) is 12.0 Å². The number of nitro benzene ring substituents is 1. The number of hydrogen-bond donors (Lipinski definition) is 2. The molecule has 0 aliphatic heterocycles. The van der Waals surface area contributed by atoms with Crippen LogP contribution in [-0.2, 0) is 0 Å². The van der Waals surface area contributed by atoms with Gasteiger partial charge < -0.3 is 10.4 Å². The summed E-state index contributed by atoms with van der Waals surface area (Å²) in [6, 6.07) is 4.37. The van der Waals surface area contributed by atoms with Crippen molar-refractivity contribution >= 4 is 11.6 Å². The van der Waals surface area contributed by atoms with E-state index in [-0.39, 0.29) is 17.9 Å². The molecular weight excluding hydrogens is 248 g/mol. The van der Waals surface area contributed by atoms with Gasteiger partial charge in [-0.2, -0.15) is 0 Å². The lowest BCUT2D eigenvalue weighted by molar-refractivity contribution is -0.385. The van der Waals surface area contributed by atoms with Gasteiger partial charge in [0.05, 0.1) is 17.1 Å². The molecule has 0 bridgehead atoms. The van der Waals surface area contributed by atoms with Gasteiger partial charge in [0.15, 0.2) is 0 Å². The summed E-state index contributed by atoms with van der Waals surface area (Å²) in [5.41, 5.74) is -0.243. The first-order chi connectivity index (χ1) is 8.84. The molecule has 0 saturated heterocycles. The number of rotatable bonds is 5. The molecule has 104 valence electrons. The van der Waals surface area contributed by atoms with E-state index in [9.17, 15) is 20.0 Å². The van der Waals surface area contributed by atoms with Crippen LogP contribution < -0.4 is 5.32 Å². The average Bonchev–Trinajstić information content (AvgIpc) is 2.38. The van der Waals surface area contributed by atoms with Crippen LogP contribution in [0.2, 0.25) is 0 Å². The molecule has 0 heterocycles. The Morgan fingerprint density at radius 1 is 1.53 bits per heavy atom. The Kier molecular flexibility index (Phi) is 4.61. The SMILES string of the molecule is CCC(C)(CO)NC(=O)c1cccc([N+](=O)[O-])c1C. The number of nitro groups is 1. The monoisotopic (exact) mass is 266 g/mol. The normalized spacial score (nSPS) is 13.7. The first-order valence-corrected chi connectivity index (χ1v) is 6.02. The summed E-state index contributed by atoms with van der Waals surface area (Å²) >= 11 is 0. The molecule has 0 saturated carbocycles. The Labute approximate surface area is 111 Å². The number of amides is 1. The molecule has 0 aromatic heterocycles. The van der Waals surface area contributed by atoms with Crippen molar-refractivity contribution in [2.75, 3.05) is 6.61 Å². The Morgan fingerprint density at radius 3 is 2.63 bits per heavy atom. The van der Waals surface area contributed by atoms with Gasteiger partial charge in [0.1, 0.15) is 0 Å². The van der Waals surface area contributed by atoms with Gasteiger partial charge in [0.2, 0.25) is 0 Å². The van der Waals surface area contributed by atoms with Crippen LogP contribution >= 0.6 is 0 Å². The third-order valence-corrected chi connectivity index (χ3v) is 3.29. The van der Waals surface area contributed by atoms with Crippen LogP contribution in [0.5, 0.6) is 0 Å². The zero-order valence-electron chi connectivity index (χ0n) is 11.3. The quantitative estimate of drug-likeness (QED) is 0.627. The first-order valence-electron chi connectivity index (χ1n) is 6.02. The van der Waals surface area contributed by atoms with Gasteiger partial charge in [-0.05, 0) is 26.3 Å². The summed E-state index contributed by atoms with van der Waals surface area (Å²) in [6.45, 7) is 4.91. The molecule has 0 spiro atoms. The molecule has 0 radical (unpaired) electrons. The molecule has 0 aliphatic rings. The zero-order valence-corrected chi connectivity index (χ0v) is 11.3. The Hall–Kier alpha value is -1.95. The van der Waals surface area contributed by atoms with E-state index in [0.717, 1.165) is 0 Å². The number of carbonyl (C=O) groups excluding carboxylic acids is 1. The van der Waals surface area contributed by atoms with Gasteiger partial charge in [-0.15, -0.1) is 0 Å².